The van der Waals surface area contributed by atoms with Crippen LogP contribution in [0.2, 0.25) is 5.02 Å². The van der Waals surface area contributed by atoms with Crippen LogP contribution in [0.25, 0.3) is 6.08 Å². The van der Waals surface area contributed by atoms with Crippen molar-refractivity contribution >= 4 is 23.4 Å². The molecule has 1 aromatic rings. The number of hydrogen-bond donors (Lipinski definition) is 0. The summed E-state index contributed by atoms with van der Waals surface area (Å²) in [6.45, 7) is 0. The lowest BCUT2D eigenvalue weighted by atomic mass is 10.2. The lowest BCUT2D eigenvalue weighted by Crippen LogP contribution is -1.89. The third-order valence-corrected chi connectivity index (χ3v) is 1.84. The summed E-state index contributed by atoms with van der Waals surface area (Å²) >= 11 is 5.59. The number of rotatable bonds is 2. The first kappa shape index (κ1) is 10.2. The topological polar surface area (TPSA) is 66.9 Å². The molecule has 0 saturated heterocycles. The minimum absolute atomic E-state index is 0.0871. The molecule has 0 radical (unpaired) electrons. The Morgan fingerprint density at radius 1 is 1.57 bits per heavy atom. The molecule has 0 spiro atoms. The van der Waals surface area contributed by atoms with Crippen LogP contribution >= 0.6 is 11.6 Å². The highest BCUT2D eigenvalue weighted by Gasteiger charge is 2.11. The molecule has 1 rings (SSSR count). The van der Waals surface area contributed by atoms with Crippen molar-refractivity contribution in [2.75, 3.05) is 0 Å². The second-order valence-corrected chi connectivity index (χ2v) is 2.84. The van der Waals surface area contributed by atoms with E-state index < -0.39 is 4.92 Å². The predicted octanol–water partition coefficient (Wildman–Crippen LogP) is 2.78. The number of nitriles is 1. The van der Waals surface area contributed by atoms with E-state index >= 15 is 0 Å². The van der Waals surface area contributed by atoms with Crippen LogP contribution in [-0.4, -0.2) is 4.92 Å². The minimum atomic E-state index is -0.563. The summed E-state index contributed by atoms with van der Waals surface area (Å²) in [6.07, 6.45) is 2.72. The fraction of sp³-hybridized carbons (Fsp3) is 0. The summed E-state index contributed by atoms with van der Waals surface area (Å²) in [6, 6.07) is 6.14. The van der Waals surface area contributed by atoms with Crippen LogP contribution in [0.5, 0.6) is 0 Å². The molecule has 0 aliphatic rings. The molecule has 0 unspecified atom stereocenters. The number of nitro benzene ring substituents is 1. The van der Waals surface area contributed by atoms with Crippen molar-refractivity contribution in [2.45, 2.75) is 0 Å². The zero-order valence-electron chi connectivity index (χ0n) is 6.98. The van der Waals surface area contributed by atoms with E-state index in [0.717, 1.165) is 0 Å². The van der Waals surface area contributed by atoms with Gasteiger partial charge in [-0.25, -0.2) is 0 Å². The fourth-order valence-corrected chi connectivity index (χ4v) is 1.09. The maximum Gasteiger partial charge on any atom is 0.288 e. The van der Waals surface area contributed by atoms with Crippen LogP contribution in [-0.2, 0) is 0 Å². The van der Waals surface area contributed by atoms with E-state index in [1.807, 2.05) is 0 Å². The highest BCUT2D eigenvalue weighted by atomic mass is 35.5. The average Bonchev–Trinajstić information content (AvgIpc) is 2.16. The molecule has 0 fully saturated rings. The minimum Gasteiger partial charge on any atom is -0.258 e. The SMILES string of the molecule is N#C/C=C/c1ccc(Cl)c([N+](=O)[O-])c1. The number of halogens is 1. The summed E-state index contributed by atoms with van der Waals surface area (Å²) in [5.41, 5.74) is 0.411. The van der Waals surface area contributed by atoms with E-state index in [1.165, 1.54) is 24.3 Å². The number of benzene rings is 1. The van der Waals surface area contributed by atoms with Crippen LogP contribution in [0.1, 0.15) is 5.56 Å². The molecule has 0 saturated carbocycles. The molecule has 0 amide bonds. The van der Waals surface area contributed by atoms with Gasteiger partial charge in [-0.15, -0.1) is 0 Å². The molecule has 0 heterocycles. The van der Waals surface area contributed by atoms with Gasteiger partial charge in [0.15, 0.2) is 0 Å². The van der Waals surface area contributed by atoms with Crippen LogP contribution < -0.4 is 0 Å². The van der Waals surface area contributed by atoms with Crippen LogP contribution in [0, 0.1) is 21.4 Å². The maximum atomic E-state index is 10.5. The zero-order valence-corrected chi connectivity index (χ0v) is 7.73. The fourth-order valence-electron chi connectivity index (χ4n) is 0.907. The Morgan fingerprint density at radius 2 is 2.29 bits per heavy atom. The van der Waals surface area contributed by atoms with Crippen LogP contribution in [0.4, 0.5) is 5.69 Å². The van der Waals surface area contributed by atoms with E-state index in [1.54, 1.807) is 12.1 Å². The Labute approximate surface area is 85.2 Å². The predicted molar refractivity (Wildman–Crippen MR) is 52.8 cm³/mol. The second-order valence-electron chi connectivity index (χ2n) is 2.43. The first-order valence-corrected chi connectivity index (χ1v) is 4.03. The molecule has 0 aliphatic heterocycles. The standard InChI is InChI=1S/C9H5ClN2O2/c10-8-4-3-7(2-1-5-11)6-9(8)12(13)14/h1-4,6H/b2-1+. The van der Waals surface area contributed by atoms with Gasteiger partial charge in [0.1, 0.15) is 5.02 Å². The van der Waals surface area contributed by atoms with Crippen molar-refractivity contribution in [2.24, 2.45) is 0 Å². The second kappa shape index (κ2) is 4.40. The zero-order chi connectivity index (χ0) is 10.6. The van der Waals surface area contributed by atoms with Gasteiger partial charge in [-0.3, -0.25) is 10.1 Å². The Morgan fingerprint density at radius 3 is 2.86 bits per heavy atom. The Hall–Kier alpha value is -1.86. The van der Waals surface area contributed by atoms with E-state index in [4.69, 9.17) is 16.9 Å². The first-order chi connectivity index (χ1) is 6.65. The highest BCUT2D eigenvalue weighted by Crippen LogP contribution is 2.25. The molecule has 0 N–H and O–H groups in total. The van der Waals surface area contributed by atoms with Crippen molar-refractivity contribution < 1.29 is 4.92 Å². The average molecular weight is 209 g/mol. The van der Waals surface area contributed by atoms with Crippen molar-refractivity contribution in [3.8, 4) is 6.07 Å². The maximum absolute atomic E-state index is 10.5. The van der Waals surface area contributed by atoms with Gasteiger partial charge in [-0.2, -0.15) is 5.26 Å². The van der Waals surface area contributed by atoms with Gasteiger partial charge in [-0.05, 0) is 17.7 Å². The smallest absolute Gasteiger partial charge is 0.258 e. The largest absolute Gasteiger partial charge is 0.288 e. The molecule has 70 valence electrons. The van der Waals surface area contributed by atoms with Crippen molar-refractivity contribution in [3.05, 3.63) is 45.0 Å². The molecule has 0 bridgehead atoms. The van der Waals surface area contributed by atoms with Gasteiger partial charge in [0.2, 0.25) is 0 Å². The van der Waals surface area contributed by atoms with E-state index in [2.05, 4.69) is 0 Å². The Bertz CT molecular complexity index is 435. The van der Waals surface area contributed by atoms with Gasteiger partial charge < -0.3 is 0 Å². The highest BCUT2D eigenvalue weighted by molar-refractivity contribution is 6.32. The van der Waals surface area contributed by atoms with Gasteiger partial charge in [-0.1, -0.05) is 17.7 Å². The molecular formula is C9H5ClN2O2. The lowest BCUT2D eigenvalue weighted by Gasteiger charge is -1.96. The molecule has 0 aliphatic carbocycles. The van der Waals surface area contributed by atoms with Gasteiger partial charge >= 0.3 is 0 Å². The monoisotopic (exact) mass is 208 g/mol. The lowest BCUT2D eigenvalue weighted by molar-refractivity contribution is -0.384. The molecule has 0 aromatic heterocycles. The molecule has 1 aromatic carbocycles. The first-order valence-electron chi connectivity index (χ1n) is 3.65. The summed E-state index contributed by atoms with van der Waals surface area (Å²) in [5, 5.41) is 18.8. The normalized spacial score (nSPS) is 10.0. The number of nitrogens with zero attached hydrogens (tertiary/aromatic N) is 2. The van der Waals surface area contributed by atoms with Gasteiger partial charge in [0.05, 0.1) is 11.0 Å². The number of hydrogen-bond acceptors (Lipinski definition) is 3. The number of allylic oxidation sites excluding steroid dienone is 1. The van der Waals surface area contributed by atoms with Gasteiger partial charge in [0.25, 0.3) is 5.69 Å². The van der Waals surface area contributed by atoms with Crippen molar-refractivity contribution in [3.63, 3.8) is 0 Å². The van der Waals surface area contributed by atoms with E-state index in [9.17, 15) is 10.1 Å². The summed E-state index contributed by atoms with van der Waals surface area (Å²) in [5.74, 6) is 0. The van der Waals surface area contributed by atoms with Gasteiger partial charge in [0, 0.05) is 12.1 Å². The summed E-state index contributed by atoms with van der Waals surface area (Å²) in [4.78, 5) is 9.92. The van der Waals surface area contributed by atoms with E-state index in [0.29, 0.717) is 5.56 Å². The summed E-state index contributed by atoms with van der Waals surface area (Å²) in [7, 11) is 0. The molecule has 0 atom stereocenters. The van der Waals surface area contributed by atoms with Crippen molar-refractivity contribution in [1.82, 2.24) is 0 Å². The molecule has 5 heteroatoms. The molecular weight excluding hydrogens is 204 g/mol. The molecule has 4 nitrogen and oxygen atoms in total. The Balaban J connectivity index is 3.14. The van der Waals surface area contributed by atoms with Crippen LogP contribution in [0.15, 0.2) is 24.3 Å². The van der Waals surface area contributed by atoms with Crippen molar-refractivity contribution in [1.29, 1.82) is 5.26 Å². The number of nitro groups is 1. The Kier molecular flexibility index (Phi) is 3.21. The van der Waals surface area contributed by atoms with E-state index in [-0.39, 0.29) is 10.7 Å². The molecule has 14 heavy (non-hydrogen) atoms. The quantitative estimate of drug-likeness (QED) is 0.426. The summed E-state index contributed by atoms with van der Waals surface area (Å²) < 4.78 is 0. The van der Waals surface area contributed by atoms with Crippen LogP contribution in [0.3, 0.4) is 0 Å². The third kappa shape index (κ3) is 2.31. The third-order valence-electron chi connectivity index (χ3n) is 1.52.